The normalized spacial score (nSPS) is 21.6. The summed E-state index contributed by atoms with van der Waals surface area (Å²) in [6.45, 7) is 5.26. The number of carbonyl (C=O) groups is 3. The van der Waals surface area contributed by atoms with Gasteiger partial charge in [0.05, 0.1) is 43.0 Å². The molecule has 3 fully saturated rings. The van der Waals surface area contributed by atoms with Crippen molar-refractivity contribution in [1.29, 1.82) is 0 Å². The fourth-order valence-corrected chi connectivity index (χ4v) is 6.48. The summed E-state index contributed by atoms with van der Waals surface area (Å²) < 4.78 is 5.46. The number of carbonyl (C=O) groups excluding carboxylic acids is 3. The van der Waals surface area contributed by atoms with Crippen LogP contribution < -0.4 is 10.2 Å². The second-order valence-electron chi connectivity index (χ2n) is 10.8. The van der Waals surface area contributed by atoms with Gasteiger partial charge in [0, 0.05) is 44.1 Å². The van der Waals surface area contributed by atoms with Crippen molar-refractivity contribution >= 4 is 51.7 Å². The second-order valence-corrected chi connectivity index (χ2v) is 11.8. The van der Waals surface area contributed by atoms with Gasteiger partial charge in [-0.2, -0.15) is 0 Å². The first-order valence-electron chi connectivity index (χ1n) is 14.3. The molecule has 1 N–H and O–H groups in total. The van der Waals surface area contributed by atoms with E-state index in [2.05, 4.69) is 20.2 Å². The molecule has 4 heterocycles. The third kappa shape index (κ3) is 6.40. The first-order chi connectivity index (χ1) is 20.9. The molecular weight excluding hydrogens is 566 g/mol. The summed E-state index contributed by atoms with van der Waals surface area (Å²) in [5, 5.41) is 2.97. The average molecular weight is 600 g/mol. The quantitative estimate of drug-likeness (QED) is 0.437. The third-order valence-electron chi connectivity index (χ3n) is 7.83. The van der Waals surface area contributed by atoms with Crippen LogP contribution in [-0.4, -0.2) is 82.0 Å². The van der Waals surface area contributed by atoms with E-state index in [4.69, 9.17) is 9.73 Å². The van der Waals surface area contributed by atoms with Gasteiger partial charge in [-0.05, 0) is 55.3 Å². The first kappa shape index (κ1) is 28.8. The number of nitrogens with one attached hydrogen (secondary N) is 1. The minimum Gasteiger partial charge on any atom is -0.378 e. The number of benzene rings is 2. The number of morpholine rings is 1. The Morgan fingerprint density at radius 3 is 2.44 bits per heavy atom. The topological polar surface area (TPSA) is 120 Å². The van der Waals surface area contributed by atoms with Crippen molar-refractivity contribution in [3.05, 3.63) is 77.9 Å². The molecule has 0 radical (unpaired) electrons. The number of amidine groups is 1. The number of ether oxygens (including phenoxy) is 1. The zero-order chi connectivity index (χ0) is 29.9. The van der Waals surface area contributed by atoms with Crippen LogP contribution in [0.2, 0.25) is 0 Å². The van der Waals surface area contributed by atoms with Gasteiger partial charge < -0.3 is 19.9 Å². The van der Waals surface area contributed by atoms with E-state index in [1.165, 1.54) is 16.7 Å². The minimum absolute atomic E-state index is 0.0287. The van der Waals surface area contributed by atoms with Gasteiger partial charge in [-0.15, -0.1) is 0 Å². The average Bonchev–Trinajstić information content (AvgIpc) is 3.52. The number of likely N-dealkylation sites (tertiary alicyclic amines) is 1. The van der Waals surface area contributed by atoms with Crippen LogP contribution >= 0.6 is 11.8 Å². The summed E-state index contributed by atoms with van der Waals surface area (Å²) in [5.41, 5.74) is 4.75. The largest absolute Gasteiger partial charge is 0.378 e. The molecule has 0 spiro atoms. The summed E-state index contributed by atoms with van der Waals surface area (Å²) in [6.07, 6.45) is 4.25. The third-order valence-corrected chi connectivity index (χ3v) is 9.06. The van der Waals surface area contributed by atoms with Crippen molar-refractivity contribution in [2.24, 2.45) is 4.99 Å². The molecule has 6 rings (SSSR count). The standard InChI is InChI=1S/C31H33N7O4S/c1-20-17-33-24(18-32-20)19-38-30(41)28(21-3-5-22(6-4-21)34-29(40)26-11-12-27(39)36(26)2)43-31(38)35-23-7-9-25(10-8-23)37-13-15-42-16-14-37/h3-10,17-18,26,28H,11-16,19H2,1-2H3,(H,34,40)/t26-,28?/m0/s1. The zero-order valence-electron chi connectivity index (χ0n) is 24.1. The van der Waals surface area contributed by atoms with Gasteiger partial charge in [0.2, 0.25) is 17.7 Å². The SMILES string of the molecule is Cc1cnc(CN2C(=O)C(c3ccc(NC(=O)[C@@H]4CCC(=O)N4C)cc3)SC2=Nc2ccc(N3CCOCC3)cc2)cn1. The molecule has 11 nitrogen and oxygen atoms in total. The Morgan fingerprint density at radius 1 is 1.05 bits per heavy atom. The predicted molar refractivity (Wildman–Crippen MR) is 165 cm³/mol. The highest BCUT2D eigenvalue weighted by molar-refractivity contribution is 8.15. The zero-order valence-corrected chi connectivity index (χ0v) is 24.9. The van der Waals surface area contributed by atoms with Crippen LogP contribution in [0.5, 0.6) is 0 Å². The van der Waals surface area contributed by atoms with E-state index < -0.39 is 11.3 Å². The smallest absolute Gasteiger partial charge is 0.247 e. The lowest BCUT2D eigenvalue weighted by atomic mass is 10.1. The molecule has 3 saturated heterocycles. The lowest BCUT2D eigenvalue weighted by Crippen LogP contribution is -2.38. The molecule has 3 aromatic rings. The molecule has 2 atom stereocenters. The van der Waals surface area contributed by atoms with Crippen molar-refractivity contribution in [3.63, 3.8) is 0 Å². The molecule has 12 heteroatoms. The van der Waals surface area contributed by atoms with E-state index in [9.17, 15) is 14.4 Å². The van der Waals surface area contributed by atoms with Crippen LogP contribution in [0.15, 0.2) is 65.9 Å². The number of rotatable bonds is 7. The fraction of sp³-hybridized carbons (Fsp3) is 0.355. The molecule has 3 aliphatic heterocycles. The van der Waals surface area contributed by atoms with Crippen molar-refractivity contribution in [3.8, 4) is 0 Å². The molecule has 0 bridgehead atoms. The Kier molecular flexibility index (Phi) is 8.39. The van der Waals surface area contributed by atoms with E-state index in [0.29, 0.717) is 42.6 Å². The van der Waals surface area contributed by atoms with Crippen LogP contribution in [0.25, 0.3) is 0 Å². The summed E-state index contributed by atoms with van der Waals surface area (Å²) in [5.74, 6) is -0.343. The van der Waals surface area contributed by atoms with Crippen molar-refractivity contribution in [2.45, 2.75) is 37.6 Å². The Hall–Kier alpha value is -4.29. The monoisotopic (exact) mass is 599 g/mol. The highest BCUT2D eigenvalue weighted by Gasteiger charge is 2.39. The molecule has 43 heavy (non-hydrogen) atoms. The van der Waals surface area contributed by atoms with Gasteiger partial charge >= 0.3 is 0 Å². The van der Waals surface area contributed by atoms with Crippen LogP contribution in [-0.2, 0) is 25.7 Å². The summed E-state index contributed by atoms with van der Waals surface area (Å²) >= 11 is 1.39. The number of aromatic nitrogens is 2. The Bertz CT molecular complexity index is 1520. The first-order valence-corrected chi connectivity index (χ1v) is 15.2. The van der Waals surface area contributed by atoms with Gasteiger partial charge in [0.25, 0.3) is 0 Å². The Labute approximate surface area is 254 Å². The second kappa shape index (κ2) is 12.5. The number of likely N-dealkylation sites (N-methyl/N-ethyl adjacent to an activating group) is 1. The molecule has 1 unspecified atom stereocenters. The van der Waals surface area contributed by atoms with E-state index in [1.807, 2.05) is 43.3 Å². The van der Waals surface area contributed by atoms with Gasteiger partial charge in [0.1, 0.15) is 11.3 Å². The van der Waals surface area contributed by atoms with Crippen LogP contribution in [0.4, 0.5) is 17.1 Å². The number of aliphatic imine (C=N–C) groups is 1. The molecule has 1 aromatic heterocycles. The number of anilines is 2. The van der Waals surface area contributed by atoms with Gasteiger partial charge in [-0.3, -0.25) is 29.3 Å². The van der Waals surface area contributed by atoms with Crippen LogP contribution in [0.1, 0.15) is 35.0 Å². The maximum absolute atomic E-state index is 13.8. The van der Waals surface area contributed by atoms with Crippen LogP contribution in [0.3, 0.4) is 0 Å². The molecule has 2 aromatic carbocycles. The number of hydrogen-bond acceptors (Lipinski definition) is 9. The van der Waals surface area contributed by atoms with E-state index in [1.54, 1.807) is 36.5 Å². The lowest BCUT2D eigenvalue weighted by molar-refractivity contribution is -0.131. The highest BCUT2D eigenvalue weighted by Crippen LogP contribution is 2.41. The Balaban J connectivity index is 1.21. The number of amides is 3. The van der Waals surface area contributed by atoms with E-state index in [0.717, 1.165) is 35.7 Å². The van der Waals surface area contributed by atoms with Gasteiger partial charge in [0.15, 0.2) is 5.17 Å². The van der Waals surface area contributed by atoms with Crippen molar-refractivity contribution in [2.75, 3.05) is 43.6 Å². The number of hydrogen-bond donors (Lipinski definition) is 1. The van der Waals surface area contributed by atoms with E-state index in [-0.39, 0.29) is 24.3 Å². The molecule has 222 valence electrons. The summed E-state index contributed by atoms with van der Waals surface area (Å²) in [7, 11) is 1.65. The molecule has 0 aliphatic carbocycles. The molecule has 3 aliphatic rings. The number of thioether (sulfide) groups is 1. The Morgan fingerprint density at radius 2 is 1.79 bits per heavy atom. The number of nitrogens with zero attached hydrogens (tertiary/aromatic N) is 6. The minimum atomic E-state index is -0.506. The van der Waals surface area contributed by atoms with Gasteiger partial charge in [-0.25, -0.2) is 4.99 Å². The molecule has 3 amide bonds. The fourth-order valence-electron chi connectivity index (χ4n) is 5.31. The van der Waals surface area contributed by atoms with E-state index >= 15 is 0 Å². The molecule has 0 saturated carbocycles. The number of aryl methyl sites for hydroxylation is 1. The maximum atomic E-state index is 13.8. The van der Waals surface area contributed by atoms with Crippen molar-refractivity contribution in [1.82, 2.24) is 19.8 Å². The predicted octanol–water partition coefficient (Wildman–Crippen LogP) is 3.69. The lowest BCUT2D eigenvalue weighted by Gasteiger charge is -2.28. The summed E-state index contributed by atoms with van der Waals surface area (Å²) in [6, 6.07) is 14.8. The highest BCUT2D eigenvalue weighted by atomic mass is 32.2. The molecular formula is C31H33N7O4S. The summed E-state index contributed by atoms with van der Waals surface area (Å²) in [4.78, 5) is 57.5. The van der Waals surface area contributed by atoms with Gasteiger partial charge in [-0.1, -0.05) is 23.9 Å². The van der Waals surface area contributed by atoms with Crippen molar-refractivity contribution < 1.29 is 19.1 Å². The maximum Gasteiger partial charge on any atom is 0.247 e. The van der Waals surface area contributed by atoms with Crippen LogP contribution in [0, 0.1) is 6.92 Å².